The first-order valence-corrected chi connectivity index (χ1v) is 8.62. The predicted molar refractivity (Wildman–Crippen MR) is 102 cm³/mol. The number of rotatable bonds is 3. The van der Waals surface area contributed by atoms with Crippen LogP contribution in [0.5, 0.6) is 0 Å². The van der Waals surface area contributed by atoms with Gasteiger partial charge < -0.3 is 9.80 Å². The van der Waals surface area contributed by atoms with Gasteiger partial charge in [0.15, 0.2) is 0 Å². The standard InChI is InChI=1S/C21H21N3O/c1-23-10-12-24(13-11-23)18-5-3-17(4-6-18)19-8-9-22-21-7-2-16(15-25)14-20(19)21/h2-9,14-15H,10-13H2,1H3. The van der Waals surface area contributed by atoms with E-state index >= 15 is 0 Å². The molecule has 1 aromatic heterocycles. The van der Waals surface area contributed by atoms with Gasteiger partial charge in [-0.15, -0.1) is 0 Å². The number of pyridine rings is 1. The van der Waals surface area contributed by atoms with Gasteiger partial charge >= 0.3 is 0 Å². The molecule has 0 amide bonds. The molecule has 4 rings (SSSR count). The zero-order valence-corrected chi connectivity index (χ0v) is 14.4. The average Bonchev–Trinajstić information content (AvgIpc) is 2.68. The molecular weight excluding hydrogens is 310 g/mol. The summed E-state index contributed by atoms with van der Waals surface area (Å²) in [5, 5.41) is 1.01. The maximum atomic E-state index is 11.1. The Morgan fingerprint density at radius 1 is 0.960 bits per heavy atom. The number of hydrogen-bond donors (Lipinski definition) is 0. The highest BCUT2D eigenvalue weighted by molar-refractivity contribution is 5.97. The SMILES string of the molecule is CN1CCN(c2ccc(-c3ccnc4ccc(C=O)cc34)cc2)CC1. The first kappa shape index (κ1) is 15.8. The van der Waals surface area contributed by atoms with Crippen molar-refractivity contribution in [2.45, 2.75) is 0 Å². The van der Waals surface area contributed by atoms with E-state index in [1.54, 1.807) is 0 Å². The fourth-order valence-corrected chi connectivity index (χ4v) is 3.41. The van der Waals surface area contributed by atoms with E-state index < -0.39 is 0 Å². The van der Waals surface area contributed by atoms with Crippen LogP contribution in [0.3, 0.4) is 0 Å². The molecule has 0 atom stereocenters. The molecule has 0 radical (unpaired) electrons. The lowest BCUT2D eigenvalue weighted by molar-refractivity contribution is 0.112. The van der Waals surface area contributed by atoms with Gasteiger partial charge in [0.05, 0.1) is 5.52 Å². The van der Waals surface area contributed by atoms with Crippen LogP contribution in [0.15, 0.2) is 54.7 Å². The molecule has 0 spiro atoms. The van der Waals surface area contributed by atoms with Gasteiger partial charge in [-0.05, 0) is 54.6 Å². The molecule has 0 unspecified atom stereocenters. The summed E-state index contributed by atoms with van der Waals surface area (Å²) in [7, 11) is 2.17. The van der Waals surface area contributed by atoms with Crippen molar-refractivity contribution in [3.63, 3.8) is 0 Å². The number of aromatic nitrogens is 1. The van der Waals surface area contributed by atoms with Gasteiger partial charge in [0, 0.05) is 49.0 Å². The van der Waals surface area contributed by atoms with Crippen LogP contribution in [0.25, 0.3) is 22.0 Å². The maximum absolute atomic E-state index is 11.1. The quantitative estimate of drug-likeness (QED) is 0.689. The lowest BCUT2D eigenvalue weighted by Gasteiger charge is -2.34. The number of nitrogens with zero attached hydrogens (tertiary/aromatic N) is 3. The third-order valence-corrected chi connectivity index (χ3v) is 4.95. The summed E-state index contributed by atoms with van der Waals surface area (Å²) in [5.74, 6) is 0. The lowest BCUT2D eigenvalue weighted by atomic mass is 9.99. The molecule has 4 nitrogen and oxygen atoms in total. The summed E-state index contributed by atoms with van der Waals surface area (Å²) in [6.45, 7) is 4.34. The number of piperazine rings is 1. The summed E-state index contributed by atoms with van der Waals surface area (Å²) in [5.41, 5.74) is 5.11. The third kappa shape index (κ3) is 3.13. The molecule has 0 saturated carbocycles. The molecule has 1 fully saturated rings. The minimum atomic E-state index is 0.677. The molecule has 1 aliphatic heterocycles. The van der Waals surface area contributed by atoms with Crippen molar-refractivity contribution in [1.29, 1.82) is 0 Å². The zero-order chi connectivity index (χ0) is 17.2. The van der Waals surface area contributed by atoms with Crippen LogP contribution in [-0.4, -0.2) is 49.4 Å². The van der Waals surface area contributed by atoms with Gasteiger partial charge in [0.25, 0.3) is 0 Å². The Kier molecular flexibility index (Phi) is 4.20. The minimum absolute atomic E-state index is 0.677. The van der Waals surface area contributed by atoms with Crippen molar-refractivity contribution < 1.29 is 4.79 Å². The molecule has 0 N–H and O–H groups in total. The number of likely N-dealkylation sites (N-methyl/N-ethyl adjacent to an activating group) is 1. The van der Waals surface area contributed by atoms with Crippen LogP contribution in [-0.2, 0) is 0 Å². The molecular formula is C21H21N3O. The summed E-state index contributed by atoms with van der Waals surface area (Å²) >= 11 is 0. The molecule has 0 aliphatic carbocycles. The smallest absolute Gasteiger partial charge is 0.150 e. The van der Waals surface area contributed by atoms with Gasteiger partial charge in [-0.1, -0.05) is 12.1 Å². The fourth-order valence-electron chi connectivity index (χ4n) is 3.41. The van der Waals surface area contributed by atoms with E-state index in [0.717, 1.165) is 54.5 Å². The highest BCUT2D eigenvalue weighted by Crippen LogP contribution is 2.29. The van der Waals surface area contributed by atoms with Gasteiger partial charge in [-0.25, -0.2) is 0 Å². The summed E-state index contributed by atoms with van der Waals surface area (Å²) < 4.78 is 0. The van der Waals surface area contributed by atoms with Gasteiger partial charge in [0.2, 0.25) is 0 Å². The second-order valence-electron chi connectivity index (χ2n) is 6.59. The number of carbonyl (C=O) groups excluding carboxylic acids is 1. The Morgan fingerprint density at radius 2 is 1.72 bits per heavy atom. The minimum Gasteiger partial charge on any atom is -0.369 e. The van der Waals surface area contributed by atoms with Crippen LogP contribution in [0.1, 0.15) is 10.4 Å². The van der Waals surface area contributed by atoms with Crippen molar-refractivity contribution >= 4 is 22.9 Å². The van der Waals surface area contributed by atoms with E-state index in [0.29, 0.717) is 5.56 Å². The van der Waals surface area contributed by atoms with E-state index in [1.165, 1.54) is 5.69 Å². The van der Waals surface area contributed by atoms with Crippen molar-refractivity contribution in [1.82, 2.24) is 9.88 Å². The molecule has 2 aromatic carbocycles. The second-order valence-corrected chi connectivity index (χ2v) is 6.59. The topological polar surface area (TPSA) is 36.4 Å². The molecule has 4 heteroatoms. The second kappa shape index (κ2) is 6.65. The predicted octanol–water partition coefficient (Wildman–Crippen LogP) is 3.47. The molecule has 25 heavy (non-hydrogen) atoms. The van der Waals surface area contributed by atoms with Crippen LogP contribution < -0.4 is 4.90 Å². The molecule has 0 bridgehead atoms. The average molecular weight is 331 g/mol. The van der Waals surface area contributed by atoms with E-state index in [9.17, 15) is 4.79 Å². The van der Waals surface area contributed by atoms with Crippen LogP contribution in [0.4, 0.5) is 5.69 Å². The Bertz CT molecular complexity index is 897. The summed E-state index contributed by atoms with van der Waals surface area (Å²) in [6, 6.07) is 16.4. The van der Waals surface area contributed by atoms with Crippen LogP contribution in [0, 0.1) is 0 Å². The maximum Gasteiger partial charge on any atom is 0.150 e. The number of fused-ring (bicyclic) bond motifs is 1. The molecule has 2 heterocycles. The van der Waals surface area contributed by atoms with E-state index in [1.807, 2.05) is 30.5 Å². The van der Waals surface area contributed by atoms with Gasteiger partial charge in [0.1, 0.15) is 6.29 Å². The highest BCUT2D eigenvalue weighted by Gasteiger charge is 2.14. The van der Waals surface area contributed by atoms with Gasteiger partial charge in [-0.3, -0.25) is 9.78 Å². The van der Waals surface area contributed by atoms with E-state index in [2.05, 4.69) is 46.1 Å². The van der Waals surface area contributed by atoms with E-state index in [-0.39, 0.29) is 0 Å². The summed E-state index contributed by atoms with van der Waals surface area (Å²) in [6.07, 6.45) is 2.71. The Balaban J connectivity index is 1.68. The number of carbonyl (C=O) groups is 1. The molecule has 1 aliphatic rings. The van der Waals surface area contributed by atoms with Crippen molar-refractivity contribution in [2.24, 2.45) is 0 Å². The van der Waals surface area contributed by atoms with Crippen molar-refractivity contribution in [2.75, 3.05) is 38.1 Å². The Morgan fingerprint density at radius 3 is 2.44 bits per heavy atom. The Labute approximate surface area is 147 Å². The monoisotopic (exact) mass is 331 g/mol. The van der Waals surface area contributed by atoms with Crippen LogP contribution in [0.2, 0.25) is 0 Å². The zero-order valence-electron chi connectivity index (χ0n) is 14.4. The van der Waals surface area contributed by atoms with Crippen molar-refractivity contribution in [3.8, 4) is 11.1 Å². The van der Waals surface area contributed by atoms with Crippen LogP contribution >= 0.6 is 0 Å². The van der Waals surface area contributed by atoms with Crippen molar-refractivity contribution in [3.05, 3.63) is 60.3 Å². The normalized spacial score (nSPS) is 15.5. The largest absolute Gasteiger partial charge is 0.369 e. The van der Waals surface area contributed by atoms with E-state index in [4.69, 9.17) is 0 Å². The highest BCUT2D eigenvalue weighted by atomic mass is 16.1. The fraction of sp³-hybridized carbons (Fsp3) is 0.238. The first-order valence-electron chi connectivity index (χ1n) is 8.62. The Hall–Kier alpha value is -2.72. The number of aldehydes is 1. The number of benzene rings is 2. The number of anilines is 1. The third-order valence-electron chi connectivity index (χ3n) is 4.95. The molecule has 126 valence electrons. The summed E-state index contributed by atoms with van der Waals surface area (Å²) in [4.78, 5) is 20.3. The van der Waals surface area contributed by atoms with Gasteiger partial charge in [-0.2, -0.15) is 0 Å². The first-order chi connectivity index (χ1) is 12.2. The lowest BCUT2D eigenvalue weighted by Crippen LogP contribution is -2.44. The number of hydrogen-bond acceptors (Lipinski definition) is 4. The molecule has 3 aromatic rings. The molecule has 1 saturated heterocycles.